The van der Waals surface area contributed by atoms with Crippen molar-refractivity contribution in [1.29, 1.82) is 0 Å². The summed E-state index contributed by atoms with van der Waals surface area (Å²) >= 11 is 0. The van der Waals surface area contributed by atoms with Crippen molar-refractivity contribution in [3.8, 4) is 11.1 Å². The molecule has 0 atom stereocenters. The first-order valence-corrected chi connectivity index (χ1v) is 10.5. The van der Waals surface area contributed by atoms with Crippen molar-refractivity contribution in [2.45, 2.75) is 37.8 Å². The fourth-order valence-corrected chi connectivity index (χ4v) is 4.42. The van der Waals surface area contributed by atoms with Crippen LogP contribution in [0.5, 0.6) is 0 Å². The van der Waals surface area contributed by atoms with Crippen molar-refractivity contribution in [3.05, 3.63) is 66.5 Å². The summed E-state index contributed by atoms with van der Waals surface area (Å²) in [5.41, 5.74) is 2.42. The number of aromatic nitrogens is 1. The Kier molecular flexibility index (Phi) is 4.64. The average molecular weight is 375 g/mol. The molecule has 2 fully saturated rings. The lowest BCUT2D eigenvalue weighted by Gasteiger charge is -2.36. The van der Waals surface area contributed by atoms with Crippen LogP contribution in [0.15, 0.2) is 60.9 Å². The zero-order chi connectivity index (χ0) is 19.0. The molecule has 1 aliphatic carbocycles. The smallest absolute Gasteiger partial charge is 0.117 e. The van der Waals surface area contributed by atoms with Gasteiger partial charge >= 0.3 is 0 Å². The third-order valence-electron chi connectivity index (χ3n) is 6.41. The number of pyridine rings is 1. The second-order valence-electron chi connectivity index (χ2n) is 8.71. The Balaban J connectivity index is 1.25. The van der Waals surface area contributed by atoms with E-state index in [0.717, 1.165) is 30.0 Å². The molecule has 0 bridgehead atoms. The van der Waals surface area contributed by atoms with E-state index >= 15 is 4.39 Å². The Hall–Kier alpha value is -2.26. The van der Waals surface area contributed by atoms with Crippen molar-refractivity contribution in [1.82, 2.24) is 9.88 Å². The summed E-state index contributed by atoms with van der Waals surface area (Å²) in [6.07, 6.45) is 8.33. The SMILES string of the molecule is FC1(Cc2ccc(-c3ccc4cnccc4c3)cc2)CCN(CC2CC2)CC1. The molecule has 1 aromatic heterocycles. The number of nitrogens with zero attached hydrogens (tertiary/aromatic N) is 2. The lowest BCUT2D eigenvalue weighted by atomic mass is 9.86. The summed E-state index contributed by atoms with van der Waals surface area (Å²) in [5.74, 6) is 0.894. The molecule has 2 heterocycles. The number of hydrogen-bond acceptors (Lipinski definition) is 2. The number of rotatable bonds is 5. The van der Waals surface area contributed by atoms with E-state index in [1.165, 1.54) is 35.9 Å². The fraction of sp³-hybridized carbons (Fsp3) is 0.400. The Morgan fingerprint density at radius 1 is 0.929 bits per heavy atom. The molecule has 5 rings (SSSR count). The van der Waals surface area contributed by atoms with Gasteiger partial charge in [-0.2, -0.15) is 0 Å². The third kappa shape index (κ3) is 3.95. The molecule has 0 spiro atoms. The predicted molar refractivity (Wildman–Crippen MR) is 113 cm³/mol. The normalized spacial score (nSPS) is 19.8. The zero-order valence-electron chi connectivity index (χ0n) is 16.3. The second-order valence-corrected chi connectivity index (χ2v) is 8.71. The van der Waals surface area contributed by atoms with Gasteiger partial charge in [0.05, 0.1) is 0 Å². The molecule has 144 valence electrons. The molecule has 2 aromatic carbocycles. The molecule has 0 unspecified atom stereocenters. The monoisotopic (exact) mass is 374 g/mol. The first kappa shape index (κ1) is 17.8. The highest BCUT2D eigenvalue weighted by molar-refractivity contribution is 5.86. The van der Waals surface area contributed by atoms with E-state index in [4.69, 9.17) is 0 Å². The molecule has 0 N–H and O–H groups in total. The lowest BCUT2D eigenvalue weighted by molar-refractivity contribution is 0.0566. The van der Waals surface area contributed by atoms with Gasteiger partial charge in [0.25, 0.3) is 0 Å². The summed E-state index contributed by atoms with van der Waals surface area (Å²) in [7, 11) is 0. The van der Waals surface area contributed by atoms with Gasteiger partial charge in [-0.15, -0.1) is 0 Å². The number of alkyl halides is 1. The van der Waals surface area contributed by atoms with E-state index in [2.05, 4.69) is 52.3 Å². The van der Waals surface area contributed by atoms with Gasteiger partial charge in [-0.3, -0.25) is 4.98 Å². The number of hydrogen-bond donors (Lipinski definition) is 0. The maximum absolute atomic E-state index is 15.4. The topological polar surface area (TPSA) is 16.1 Å². The first-order valence-electron chi connectivity index (χ1n) is 10.5. The van der Waals surface area contributed by atoms with Gasteiger partial charge in [0, 0.05) is 43.8 Å². The summed E-state index contributed by atoms with van der Waals surface area (Å²) < 4.78 is 15.4. The number of benzene rings is 2. The molecule has 3 heteroatoms. The van der Waals surface area contributed by atoms with E-state index in [9.17, 15) is 0 Å². The standard InChI is InChI=1S/C25H27FN2/c26-25(10-13-28(14-11-25)18-20-1-2-20)16-19-3-5-21(6-4-19)22-7-8-24-17-27-12-9-23(24)15-22/h3-9,12,15,17,20H,1-2,10-11,13-14,16,18H2. The first-order chi connectivity index (χ1) is 13.7. The van der Waals surface area contributed by atoms with Crippen LogP contribution in [0, 0.1) is 5.92 Å². The molecule has 1 saturated carbocycles. The van der Waals surface area contributed by atoms with Crippen molar-refractivity contribution in [2.75, 3.05) is 19.6 Å². The van der Waals surface area contributed by atoms with Gasteiger partial charge in [0.2, 0.25) is 0 Å². The molecule has 1 saturated heterocycles. The Morgan fingerprint density at radius 2 is 1.68 bits per heavy atom. The van der Waals surface area contributed by atoms with E-state index in [-0.39, 0.29) is 0 Å². The number of halogens is 1. The number of piperidine rings is 1. The average Bonchev–Trinajstić information content (AvgIpc) is 3.54. The van der Waals surface area contributed by atoms with E-state index in [1.54, 1.807) is 0 Å². The highest BCUT2D eigenvalue weighted by Crippen LogP contribution is 2.35. The van der Waals surface area contributed by atoms with E-state index in [0.29, 0.717) is 19.3 Å². The predicted octanol–water partition coefficient (Wildman–Crippen LogP) is 5.66. The molecule has 1 aliphatic heterocycles. The van der Waals surface area contributed by atoms with Crippen LogP contribution in [-0.2, 0) is 6.42 Å². The van der Waals surface area contributed by atoms with Crippen LogP contribution in [0.25, 0.3) is 21.9 Å². The Bertz CT molecular complexity index is 954. The van der Waals surface area contributed by atoms with Crippen LogP contribution < -0.4 is 0 Å². The van der Waals surface area contributed by atoms with Crippen LogP contribution >= 0.6 is 0 Å². The van der Waals surface area contributed by atoms with Gasteiger partial charge < -0.3 is 4.90 Å². The van der Waals surface area contributed by atoms with Gasteiger partial charge in [-0.25, -0.2) is 4.39 Å². The van der Waals surface area contributed by atoms with Gasteiger partial charge in [-0.05, 0) is 65.8 Å². The van der Waals surface area contributed by atoms with Crippen LogP contribution in [0.4, 0.5) is 4.39 Å². The highest BCUT2D eigenvalue weighted by atomic mass is 19.1. The quantitative estimate of drug-likeness (QED) is 0.573. The minimum absolute atomic E-state index is 0.536. The number of fused-ring (bicyclic) bond motifs is 1. The lowest BCUT2D eigenvalue weighted by Crippen LogP contribution is -2.43. The highest BCUT2D eigenvalue weighted by Gasteiger charge is 2.36. The summed E-state index contributed by atoms with van der Waals surface area (Å²) in [5, 5.41) is 2.34. The number of likely N-dealkylation sites (tertiary alicyclic amines) is 1. The van der Waals surface area contributed by atoms with E-state index in [1.807, 2.05) is 18.5 Å². The largest absolute Gasteiger partial charge is 0.303 e. The molecular formula is C25H27FN2. The van der Waals surface area contributed by atoms with E-state index < -0.39 is 5.67 Å². The minimum Gasteiger partial charge on any atom is -0.303 e. The van der Waals surface area contributed by atoms with Crippen molar-refractivity contribution in [2.24, 2.45) is 5.92 Å². The van der Waals surface area contributed by atoms with Crippen LogP contribution in [0.3, 0.4) is 0 Å². The Morgan fingerprint density at radius 3 is 2.43 bits per heavy atom. The molecule has 3 aromatic rings. The van der Waals surface area contributed by atoms with Crippen molar-refractivity contribution >= 4 is 10.8 Å². The third-order valence-corrected chi connectivity index (χ3v) is 6.41. The molecule has 28 heavy (non-hydrogen) atoms. The fourth-order valence-electron chi connectivity index (χ4n) is 4.42. The molecule has 2 nitrogen and oxygen atoms in total. The molecular weight excluding hydrogens is 347 g/mol. The molecule has 0 radical (unpaired) electrons. The summed E-state index contributed by atoms with van der Waals surface area (Å²) in [4.78, 5) is 6.64. The Labute approximate surface area is 166 Å². The van der Waals surface area contributed by atoms with Crippen molar-refractivity contribution < 1.29 is 4.39 Å². The minimum atomic E-state index is -1.04. The van der Waals surface area contributed by atoms with Crippen LogP contribution in [0.2, 0.25) is 0 Å². The maximum atomic E-state index is 15.4. The molecule has 2 aliphatic rings. The summed E-state index contributed by atoms with van der Waals surface area (Å²) in [6.45, 7) is 3.01. The van der Waals surface area contributed by atoms with Gasteiger partial charge in [0.1, 0.15) is 5.67 Å². The van der Waals surface area contributed by atoms with Crippen LogP contribution in [-0.4, -0.2) is 35.2 Å². The molecule has 0 amide bonds. The van der Waals surface area contributed by atoms with Gasteiger partial charge in [0.15, 0.2) is 0 Å². The van der Waals surface area contributed by atoms with Crippen LogP contribution in [0.1, 0.15) is 31.2 Å². The van der Waals surface area contributed by atoms with Crippen molar-refractivity contribution in [3.63, 3.8) is 0 Å². The second kappa shape index (κ2) is 7.29. The van der Waals surface area contributed by atoms with Gasteiger partial charge in [-0.1, -0.05) is 36.4 Å². The summed E-state index contributed by atoms with van der Waals surface area (Å²) in [6, 6.07) is 16.9. The maximum Gasteiger partial charge on any atom is 0.117 e. The zero-order valence-corrected chi connectivity index (χ0v) is 16.3.